The lowest BCUT2D eigenvalue weighted by Gasteiger charge is -2.10. The molecule has 0 fully saturated rings. The van der Waals surface area contributed by atoms with Crippen LogP contribution >= 0.6 is 0 Å². The maximum Gasteiger partial charge on any atom is 0.530 e. The van der Waals surface area contributed by atoms with Crippen molar-refractivity contribution in [1.29, 1.82) is 0 Å². The Morgan fingerprint density at radius 2 is 1.25 bits per heavy atom. The van der Waals surface area contributed by atoms with Gasteiger partial charge in [0.1, 0.15) is 5.69 Å². The van der Waals surface area contributed by atoms with Gasteiger partial charge in [-0.3, -0.25) is 0 Å². The molecular formula is C23H15N3O2. The zero-order valence-corrected chi connectivity index (χ0v) is 14.8. The van der Waals surface area contributed by atoms with Gasteiger partial charge in [-0.1, -0.05) is 71.4 Å². The van der Waals surface area contributed by atoms with E-state index < -0.39 is 12.1 Å². The summed E-state index contributed by atoms with van der Waals surface area (Å²) in [4.78, 5) is 14.3. The molecule has 0 spiro atoms. The van der Waals surface area contributed by atoms with Crippen molar-refractivity contribution in [3.63, 3.8) is 0 Å². The van der Waals surface area contributed by atoms with Crippen LogP contribution in [0.4, 0.5) is 10.5 Å². The van der Waals surface area contributed by atoms with Gasteiger partial charge >= 0.3 is 6.03 Å². The predicted molar refractivity (Wildman–Crippen MR) is 108 cm³/mol. The van der Waals surface area contributed by atoms with Crippen LogP contribution in [0.3, 0.4) is 0 Å². The molecule has 1 aliphatic heterocycles. The van der Waals surface area contributed by atoms with E-state index in [1.54, 1.807) is 24.3 Å². The molecule has 0 saturated heterocycles. The molecule has 0 saturated carbocycles. The second kappa shape index (κ2) is 6.32. The Morgan fingerprint density at radius 1 is 0.714 bits per heavy atom. The van der Waals surface area contributed by atoms with E-state index in [9.17, 15) is 9.90 Å². The third kappa shape index (κ3) is 2.45. The summed E-state index contributed by atoms with van der Waals surface area (Å²) >= 11 is 0. The first-order chi connectivity index (χ1) is 13.7. The molecule has 134 valence electrons. The number of amidine groups is 1. The van der Waals surface area contributed by atoms with Gasteiger partial charge in [0.15, 0.2) is 5.36 Å². The zero-order valence-electron chi connectivity index (χ0n) is 14.8. The van der Waals surface area contributed by atoms with Gasteiger partial charge in [-0.15, -0.1) is 4.90 Å². The number of carbonyl (C=O) groups is 1. The highest BCUT2D eigenvalue weighted by Crippen LogP contribution is 2.19. The monoisotopic (exact) mass is 365 g/mol. The fraction of sp³-hybridized carbons (Fsp3) is 0. The van der Waals surface area contributed by atoms with Crippen LogP contribution in [-0.2, 0) is 0 Å². The molecule has 5 rings (SSSR count). The molecule has 4 aromatic rings. The fourth-order valence-electron chi connectivity index (χ4n) is 3.56. The van der Waals surface area contributed by atoms with E-state index in [0.717, 1.165) is 26.4 Å². The third-order valence-corrected chi connectivity index (χ3v) is 4.85. The van der Waals surface area contributed by atoms with E-state index in [0.29, 0.717) is 11.0 Å². The number of hydrazone groups is 1. The summed E-state index contributed by atoms with van der Waals surface area (Å²) in [5.41, 5.74) is 0.498. The molecule has 0 N–H and O–H groups in total. The van der Waals surface area contributed by atoms with Crippen LogP contribution < -0.4 is 20.0 Å². The van der Waals surface area contributed by atoms with E-state index in [-0.39, 0.29) is 0 Å². The number of amides is 2. The Bertz CT molecular complexity index is 1280. The predicted octanol–water partition coefficient (Wildman–Crippen LogP) is 3.04. The summed E-state index contributed by atoms with van der Waals surface area (Å²) in [7, 11) is 0. The van der Waals surface area contributed by atoms with Crippen LogP contribution in [0.2, 0.25) is 0 Å². The molecule has 5 heteroatoms. The topological polar surface area (TPSA) is 58.7 Å². The average molecular weight is 365 g/mol. The Balaban J connectivity index is 1.93. The van der Waals surface area contributed by atoms with E-state index in [1.165, 1.54) is 4.68 Å². The number of nitrogens with zero attached hydrogens (tertiary/aromatic N) is 3. The van der Waals surface area contributed by atoms with Crippen molar-refractivity contribution in [2.45, 2.75) is 0 Å². The number of hydrogen-bond acceptors (Lipinski definition) is 3. The highest BCUT2D eigenvalue weighted by Gasteiger charge is 2.37. The fourth-order valence-corrected chi connectivity index (χ4v) is 3.56. The van der Waals surface area contributed by atoms with Crippen molar-refractivity contribution in [3.8, 4) is 0 Å². The number of fused-ring (bicyclic) bond motifs is 2. The standard InChI is InChI=1S/C23H15N3O2/c27-22-24-26(23(28)25(22)18-10-2-1-3-11-18)21-19-12-6-4-8-16(19)14-15-17-9-5-7-13-20(17)21/h1-15H. The minimum absolute atomic E-state index is 0.488. The van der Waals surface area contributed by atoms with E-state index in [4.69, 9.17) is 0 Å². The lowest BCUT2D eigenvalue weighted by molar-refractivity contribution is -0.216. The minimum atomic E-state index is -0.601. The summed E-state index contributed by atoms with van der Waals surface area (Å²) in [5, 5.41) is 20.9. The first-order valence-electron chi connectivity index (χ1n) is 8.93. The van der Waals surface area contributed by atoms with Crippen molar-refractivity contribution in [2.75, 3.05) is 4.90 Å². The van der Waals surface area contributed by atoms with E-state index in [2.05, 4.69) is 5.10 Å². The second-order valence-electron chi connectivity index (χ2n) is 6.50. The summed E-state index contributed by atoms with van der Waals surface area (Å²) in [6, 6.07) is 27.3. The Morgan fingerprint density at radius 3 is 1.86 bits per heavy atom. The van der Waals surface area contributed by atoms with Crippen molar-refractivity contribution < 1.29 is 9.90 Å². The average Bonchev–Trinajstić information content (AvgIpc) is 2.93. The molecule has 0 atom stereocenters. The smallest absolute Gasteiger partial charge is 0.530 e. The second-order valence-corrected chi connectivity index (χ2v) is 6.50. The van der Waals surface area contributed by atoms with Gasteiger partial charge in [-0.2, -0.15) is 4.79 Å². The molecule has 0 bridgehead atoms. The van der Waals surface area contributed by atoms with Crippen LogP contribution in [0.25, 0.3) is 21.5 Å². The zero-order chi connectivity index (χ0) is 19.1. The van der Waals surface area contributed by atoms with Crippen molar-refractivity contribution in [1.82, 2.24) is 4.68 Å². The molecule has 0 unspecified atom stereocenters. The molecule has 1 aliphatic rings. The maximum atomic E-state index is 13.2. The Hall–Kier alpha value is -3.99. The molecule has 2 amide bonds. The number of para-hydroxylation sites is 1. The van der Waals surface area contributed by atoms with Crippen LogP contribution in [0.15, 0.2) is 96.1 Å². The number of carbonyl (C=O) groups excluding carboxylic acids is 1. The normalized spacial score (nSPS) is 14.0. The van der Waals surface area contributed by atoms with Crippen molar-refractivity contribution >= 4 is 39.3 Å². The number of urea groups is 1. The van der Waals surface area contributed by atoms with Crippen molar-refractivity contribution in [3.05, 3.63) is 96.4 Å². The summed E-state index contributed by atoms with van der Waals surface area (Å²) in [5.74, 6) is 0. The number of anilines is 1. The van der Waals surface area contributed by atoms with Crippen LogP contribution in [-0.4, -0.2) is 12.1 Å². The summed E-state index contributed by atoms with van der Waals surface area (Å²) in [6.45, 7) is 0. The van der Waals surface area contributed by atoms with Gasteiger partial charge in [0, 0.05) is 10.8 Å². The highest BCUT2D eigenvalue weighted by atomic mass is 16.3. The highest BCUT2D eigenvalue weighted by molar-refractivity contribution is 6.16. The van der Waals surface area contributed by atoms with E-state index >= 15 is 0 Å². The molecule has 0 radical (unpaired) electrons. The third-order valence-electron chi connectivity index (χ3n) is 4.85. The van der Waals surface area contributed by atoms with Gasteiger partial charge in [-0.05, 0) is 40.1 Å². The van der Waals surface area contributed by atoms with Gasteiger partial charge in [-0.25, -0.2) is 0 Å². The summed E-state index contributed by atoms with van der Waals surface area (Å²) in [6.07, 6.45) is 0. The molecule has 4 aromatic carbocycles. The molecule has 0 aliphatic carbocycles. The lowest BCUT2D eigenvalue weighted by atomic mass is 10.1. The van der Waals surface area contributed by atoms with Crippen LogP contribution in [0.1, 0.15) is 0 Å². The Kier molecular flexibility index (Phi) is 3.66. The number of benzene rings is 3. The largest absolute Gasteiger partial charge is 0.824 e. The molecule has 28 heavy (non-hydrogen) atoms. The van der Waals surface area contributed by atoms with Gasteiger partial charge in [0.25, 0.3) is 0 Å². The van der Waals surface area contributed by atoms with Gasteiger partial charge in [0.2, 0.25) is 6.02 Å². The van der Waals surface area contributed by atoms with Crippen LogP contribution in [0.5, 0.6) is 0 Å². The molecular weight excluding hydrogens is 350 g/mol. The molecule has 0 aromatic heterocycles. The molecule has 5 nitrogen and oxygen atoms in total. The minimum Gasteiger partial charge on any atom is -0.824 e. The van der Waals surface area contributed by atoms with Crippen molar-refractivity contribution in [2.24, 2.45) is 5.10 Å². The lowest BCUT2D eigenvalue weighted by Crippen LogP contribution is -2.42. The summed E-state index contributed by atoms with van der Waals surface area (Å²) < 4.78 is 1.22. The Labute approximate surface area is 160 Å². The quantitative estimate of drug-likeness (QED) is 0.487. The SMILES string of the molecule is O=C1N(c2ccccc2)C([O-])=N[N+]1=c1c2ccccc2ccc2ccccc12. The number of hydrogen-bond donors (Lipinski definition) is 0. The van der Waals surface area contributed by atoms with Crippen LogP contribution in [0, 0.1) is 0 Å². The first-order valence-corrected chi connectivity index (χ1v) is 8.93. The van der Waals surface area contributed by atoms with Gasteiger partial charge in [0.05, 0.1) is 0 Å². The molecule has 1 heterocycles. The first kappa shape index (κ1) is 16.2. The van der Waals surface area contributed by atoms with E-state index in [1.807, 2.05) is 66.7 Å². The maximum absolute atomic E-state index is 13.2. The van der Waals surface area contributed by atoms with Gasteiger partial charge < -0.3 is 5.11 Å². The number of rotatable bonds is 1.